The van der Waals surface area contributed by atoms with Crippen molar-refractivity contribution >= 4 is 11.7 Å². The van der Waals surface area contributed by atoms with Crippen LogP contribution in [0.5, 0.6) is 5.75 Å². The van der Waals surface area contributed by atoms with Crippen molar-refractivity contribution in [2.75, 3.05) is 11.9 Å². The molecule has 2 aliphatic heterocycles. The Bertz CT molecular complexity index is 1050. The van der Waals surface area contributed by atoms with Gasteiger partial charge < -0.3 is 15.4 Å². The van der Waals surface area contributed by atoms with Gasteiger partial charge in [-0.1, -0.05) is 0 Å². The fraction of sp³-hybridized carbons (Fsp3) is 0.412. The van der Waals surface area contributed by atoms with E-state index in [1.54, 1.807) is 12.1 Å². The SMILES string of the molecule is Cc1c2c(nn(OC(=O)C(F)(F)F)[n+]1=O)COc1ccc(NC3CNC3C)cc1-2. The van der Waals surface area contributed by atoms with Crippen molar-refractivity contribution in [2.45, 2.75) is 38.7 Å². The van der Waals surface area contributed by atoms with E-state index in [0.29, 0.717) is 22.9 Å². The highest BCUT2D eigenvalue weighted by atomic mass is 19.4. The molecule has 0 aliphatic carbocycles. The molecule has 1 aromatic heterocycles. The molecule has 2 atom stereocenters. The molecule has 2 aromatic rings. The van der Waals surface area contributed by atoms with Crippen LogP contribution in [0.1, 0.15) is 18.3 Å². The van der Waals surface area contributed by atoms with Gasteiger partial charge in [-0.25, -0.2) is 4.79 Å². The lowest BCUT2D eigenvalue weighted by molar-refractivity contribution is -0.646. The second kappa shape index (κ2) is 6.72. The molecule has 9 nitrogen and oxygen atoms in total. The quantitative estimate of drug-likeness (QED) is 0.725. The molecule has 0 bridgehead atoms. The summed E-state index contributed by atoms with van der Waals surface area (Å²) in [4.78, 5) is 27.5. The molecule has 0 spiro atoms. The number of alkyl halides is 3. The van der Waals surface area contributed by atoms with E-state index in [0.717, 1.165) is 12.2 Å². The number of aromatic nitrogens is 3. The predicted octanol–water partition coefficient (Wildman–Crippen LogP) is 0.955. The van der Waals surface area contributed by atoms with E-state index in [1.165, 1.54) is 6.92 Å². The zero-order valence-electron chi connectivity index (χ0n) is 15.4. The summed E-state index contributed by atoms with van der Waals surface area (Å²) < 4.78 is 43.0. The molecule has 29 heavy (non-hydrogen) atoms. The minimum atomic E-state index is -5.26. The van der Waals surface area contributed by atoms with Gasteiger partial charge in [-0.2, -0.15) is 13.2 Å². The van der Waals surface area contributed by atoms with Gasteiger partial charge in [0.05, 0.1) is 16.7 Å². The van der Waals surface area contributed by atoms with Crippen molar-refractivity contribution in [2.24, 2.45) is 0 Å². The lowest BCUT2D eigenvalue weighted by Gasteiger charge is -2.37. The highest BCUT2D eigenvalue weighted by molar-refractivity contribution is 5.78. The van der Waals surface area contributed by atoms with Gasteiger partial charge in [0.15, 0.2) is 12.3 Å². The normalized spacial score (nSPS) is 20.0. The smallest absolute Gasteiger partial charge is 0.484 e. The van der Waals surface area contributed by atoms with E-state index in [1.807, 2.05) is 13.0 Å². The van der Waals surface area contributed by atoms with Gasteiger partial charge in [-0.05, 0) is 30.0 Å². The molecule has 12 heteroatoms. The number of nitrogens with zero attached hydrogens (tertiary/aromatic N) is 3. The van der Waals surface area contributed by atoms with E-state index in [2.05, 4.69) is 20.6 Å². The third-order valence-electron chi connectivity index (χ3n) is 4.92. The molecule has 0 radical (unpaired) electrons. The number of halogens is 3. The fourth-order valence-corrected chi connectivity index (χ4v) is 3.21. The Balaban J connectivity index is 1.72. The number of rotatable bonds is 3. The van der Waals surface area contributed by atoms with Crippen LogP contribution >= 0.6 is 0 Å². The zero-order valence-corrected chi connectivity index (χ0v) is 15.4. The molecule has 0 amide bonds. The number of nitrogens with one attached hydrogen (secondary N) is 2. The maximum atomic E-state index is 12.5. The summed E-state index contributed by atoms with van der Waals surface area (Å²) in [7, 11) is 0. The predicted molar refractivity (Wildman–Crippen MR) is 92.6 cm³/mol. The lowest BCUT2D eigenvalue weighted by atomic mass is 9.98. The van der Waals surface area contributed by atoms with Crippen LogP contribution in [0.15, 0.2) is 18.2 Å². The Hall–Kier alpha value is -3.15. The third kappa shape index (κ3) is 3.39. The molecule has 0 saturated carbocycles. The van der Waals surface area contributed by atoms with Crippen LogP contribution in [0.4, 0.5) is 18.9 Å². The van der Waals surface area contributed by atoms with Gasteiger partial charge in [0, 0.05) is 30.8 Å². The van der Waals surface area contributed by atoms with Gasteiger partial charge >= 0.3 is 12.1 Å². The fourth-order valence-electron chi connectivity index (χ4n) is 3.21. The van der Waals surface area contributed by atoms with Gasteiger partial charge in [-0.3, -0.25) is 4.84 Å². The summed E-state index contributed by atoms with van der Waals surface area (Å²) in [6.07, 6.45) is -5.26. The minimum Gasteiger partial charge on any atom is -0.484 e. The number of benzene rings is 1. The summed E-state index contributed by atoms with van der Waals surface area (Å²) in [6, 6.07) is 5.94. The Kier molecular flexibility index (Phi) is 4.45. The Morgan fingerprint density at radius 3 is 2.83 bits per heavy atom. The molecular weight excluding hydrogens is 395 g/mol. The van der Waals surface area contributed by atoms with Crippen molar-refractivity contribution < 1.29 is 32.1 Å². The first-order valence-corrected chi connectivity index (χ1v) is 8.77. The van der Waals surface area contributed by atoms with Crippen LogP contribution in [-0.4, -0.2) is 40.8 Å². The van der Waals surface area contributed by atoms with Gasteiger partial charge in [0.25, 0.3) is 0 Å². The average Bonchev–Trinajstić information content (AvgIpc) is 2.67. The lowest BCUT2D eigenvalue weighted by Crippen LogP contribution is -2.59. The van der Waals surface area contributed by atoms with Crippen LogP contribution in [0, 0.1) is 11.8 Å². The number of anilines is 1. The van der Waals surface area contributed by atoms with Gasteiger partial charge in [-0.15, -0.1) is 0 Å². The molecule has 2 unspecified atom stereocenters. The summed E-state index contributed by atoms with van der Waals surface area (Å²) in [5, 5.41) is 10.3. The first-order chi connectivity index (χ1) is 13.6. The van der Waals surface area contributed by atoms with Gasteiger partial charge in [0.2, 0.25) is 10.7 Å². The number of carbonyl (C=O) groups excluding carboxylic acids is 1. The van der Waals surface area contributed by atoms with E-state index < -0.39 is 12.1 Å². The maximum Gasteiger partial charge on any atom is 0.493 e. The molecule has 1 aromatic carbocycles. The number of fused-ring (bicyclic) bond motifs is 3. The Labute approximate surface area is 161 Å². The van der Waals surface area contributed by atoms with Crippen LogP contribution in [0.25, 0.3) is 11.1 Å². The topological polar surface area (TPSA) is 100 Å². The highest BCUT2D eigenvalue weighted by Crippen LogP contribution is 2.39. The van der Waals surface area contributed by atoms with Crippen LogP contribution in [-0.2, 0) is 11.4 Å². The highest BCUT2D eigenvalue weighted by Gasteiger charge is 2.44. The van der Waals surface area contributed by atoms with Crippen molar-refractivity contribution in [3.63, 3.8) is 0 Å². The molecule has 3 heterocycles. The zero-order chi connectivity index (χ0) is 20.9. The molecule has 2 N–H and O–H groups in total. The largest absolute Gasteiger partial charge is 0.493 e. The molecule has 4 rings (SSSR count). The summed E-state index contributed by atoms with van der Waals surface area (Å²) in [5.41, 5.74) is 1.98. The van der Waals surface area contributed by atoms with Crippen molar-refractivity contribution in [1.29, 1.82) is 0 Å². The van der Waals surface area contributed by atoms with Crippen LogP contribution in [0.2, 0.25) is 0 Å². The van der Waals surface area contributed by atoms with E-state index in [9.17, 15) is 22.9 Å². The van der Waals surface area contributed by atoms with E-state index in [4.69, 9.17) is 4.74 Å². The number of ether oxygens (including phenoxy) is 1. The van der Waals surface area contributed by atoms with Crippen molar-refractivity contribution in [1.82, 2.24) is 15.4 Å². The van der Waals surface area contributed by atoms with E-state index >= 15 is 0 Å². The molecule has 1 saturated heterocycles. The third-order valence-corrected chi connectivity index (χ3v) is 4.92. The minimum absolute atomic E-state index is 0.00437. The molecule has 2 aliphatic rings. The van der Waals surface area contributed by atoms with E-state index in [-0.39, 0.29) is 33.5 Å². The number of hydrogen-bond acceptors (Lipinski definition) is 7. The number of hydrogen-bond donors (Lipinski definition) is 2. The number of carbonyl (C=O) groups is 1. The summed E-state index contributed by atoms with van der Waals surface area (Å²) in [6.45, 7) is 4.17. The first kappa shape index (κ1) is 19.2. The summed E-state index contributed by atoms with van der Waals surface area (Å²) >= 11 is 0. The second-order valence-electron chi connectivity index (χ2n) is 6.86. The average molecular weight is 412 g/mol. The van der Waals surface area contributed by atoms with Crippen LogP contribution in [0.3, 0.4) is 0 Å². The monoisotopic (exact) mass is 412 g/mol. The van der Waals surface area contributed by atoms with Crippen molar-refractivity contribution in [3.05, 3.63) is 34.5 Å². The molecule has 154 valence electrons. The Morgan fingerprint density at radius 1 is 1.45 bits per heavy atom. The Morgan fingerprint density at radius 2 is 2.21 bits per heavy atom. The molecular formula is C17H17F3N5O4+. The second-order valence-corrected chi connectivity index (χ2v) is 6.86. The standard InChI is InChI=1S/C17H17F3N5O4/c1-8-12(6-21-8)22-10-3-4-14-11(5-10)15-9(2)24(27)25(23-13(15)7-28-14)29-16(26)17(18,19)20/h3-5,8,12,21-22H,6-7H2,1-2H3/q+1. The van der Waals surface area contributed by atoms with Gasteiger partial charge in [0.1, 0.15) is 10.3 Å². The van der Waals surface area contributed by atoms with Crippen LogP contribution < -0.4 is 24.7 Å². The first-order valence-electron chi connectivity index (χ1n) is 8.77. The molecule has 1 fully saturated rings. The van der Waals surface area contributed by atoms with Crippen molar-refractivity contribution in [3.8, 4) is 16.9 Å². The summed E-state index contributed by atoms with van der Waals surface area (Å²) in [5.74, 6) is -2.04. The maximum absolute atomic E-state index is 12.5.